The van der Waals surface area contributed by atoms with Crippen molar-refractivity contribution in [1.29, 1.82) is 0 Å². The first-order valence-electron chi connectivity index (χ1n) is 5.21. The van der Waals surface area contributed by atoms with E-state index in [2.05, 4.69) is 37.6 Å². The molecule has 0 aliphatic carbocycles. The van der Waals surface area contributed by atoms with Crippen LogP contribution in [0.1, 0.15) is 5.69 Å². The average molecular weight is 340 g/mol. The van der Waals surface area contributed by atoms with E-state index in [0.717, 1.165) is 26.0 Å². The number of hydrogen-bond acceptors (Lipinski definition) is 3. The topological polar surface area (TPSA) is 41.4 Å². The molecule has 0 spiro atoms. The van der Waals surface area contributed by atoms with Gasteiger partial charge in [0.25, 0.3) is 0 Å². The van der Waals surface area contributed by atoms with Crippen LogP contribution < -0.4 is 0 Å². The van der Waals surface area contributed by atoms with Crippen LogP contribution in [0.2, 0.25) is 0 Å². The summed E-state index contributed by atoms with van der Waals surface area (Å²) in [6, 6.07) is 3.95. The number of rotatable bonds is 2. The molecule has 2 aromatic heterocycles. The van der Waals surface area contributed by atoms with Crippen LogP contribution in [0.25, 0.3) is 10.9 Å². The lowest BCUT2D eigenvalue weighted by molar-refractivity contribution is 0.643. The fourth-order valence-corrected chi connectivity index (χ4v) is 2.34. The summed E-state index contributed by atoms with van der Waals surface area (Å²) in [5, 5.41) is 1.04. The second-order valence-corrected chi connectivity index (χ2v) is 4.97. The van der Waals surface area contributed by atoms with Gasteiger partial charge in [0.1, 0.15) is 9.39 Å². The fourth-order valence-electron chi connectivity index (χ4n) is 1.54. The Morgan fingerprint density at radius 1 is 1.41 bits per heavy atom. The first kappa shape index (κ1) is 12.2. The second-order valence-electron chi connectivity index (χ2n) is 3.94. The lowest BCUT2D eigenvalue weighted by Crippen LogP contribution is -2.07. The minimum Gasteiger partial charge on any atom is -0.369 e. The van der Waals surface area contributed by atoms with E-state index in [0.29, 0.717) is 0 Å². The van der Waals surface area contributed by atoms with Crippen molar-refractivity contribution >= 4 is 45.5 Å². The van der Waals surface area contributed by atoms with E-state index in [1.54, 1.807) is 12.5 Å². The molecule has 0 aliphatic rings. The van der Waals surface area contributed by atoms with Crippen LogP contribution in [0.5, 0.6) is 0 Å². The zero-order chi connectivity index (χ0) is 12.4. The number of fused-ring (bicyclic) bond motifs is 1. The van der Waals surface area contributed by atoms with Crippen molar-refractivity contribution in [3.8, 4) is 0 Å². The lowest BCUT2D eigenvalue weighted by atomic mass is 10.2. The molecule has 17 heavy (non-hydrogen) atoms. The molecule has 0 amide bonds. The van der Waals surface area contributed by atoms with Gasteiger partial charge in [-0.3, -0.25) is 4.98 Å². The van der Waals surface area contributed by atoms with Crippen molar-refractivity contribution in [3.63, 3.8) is 0 Å². The van der Waals surface area contributed by atoms with Gasteiger partial charge in [-0.1, -0.05) is 0 Å². The second kappa shape index (κ2) is 4.95. The molecule has 0 aliphatic heterocycles. The molecule has 0 saturated carbocycles. The number of pyridine rings is 2. The highest BCUT2D eigenvalue weighted by atomic mass is 127. The van der Waals surface area contributed by atoms with Crippen LogP contribution in [0, 0.1) is 10.6 Å². The van der Waals surface area contributed by atoms with E-state index < -0.39 is 0 Å². The number of aromatic nitrogens is 2. The Kier molecular flexibility index (Phi) is 3.56. The van der Waals surface area contributed by atoms with Gasteiger partial charge >= 0.3 is 0 Å². The predicted molar refractivity (Wildman–Crippen MR) is 78.8 cm³/mol. The van der Waals surface area contributed by atoms with Gasteiger partial charge in [-0.15, -0.1) is 0 Å². The molecule has 0 fully saturated rings. The third-order valence-electron chi connectivity index (χ3n) is 2.28. The van der Waals surface area contributed by atoms with E-state index in [4.69, 9.17) is 0 Å². The zero-order valence-electron chi connectivity index (χ0n) is 9.98. The van der Waals surface area contributed by atoms with E-state index in [1.165, 1.54) is 0 Å². The van der Waals surface area contributed by atoms with Crippen molar-refractivity contribution in [3.05, 3.63) is 27.7 Å². The summed E-state index contributed by atoms with van der Waals surface area (Å²) in [4.78, 5) is 15.2. The largest absolute Gasteiger partial charge is 0.369 e. The molecule has 2 rings (SSSR count). The summed E-state index contributed by atoms with van der Waals surface area (Å²) >= 11 is 2.21. The smallest absolute Gasteiger partial charge is 0.128 e. The molecule has 2 heterocycles. The molecule has 0 unspecified atom stereocenters. The van der Waals surface area contributed by atoms with Gasteiger partial charge in [-0.25, -0.2) is 9.98 Å². The first-order valence-corrected chi connectivity index (χ1v) is 6.29. The van der Waals surface area contributed by atoms with Gasteiger partial charge in [0.15, 0.2) is 0 Å². The normalized spacial score (nSPS) is 11.3. The van der Waals surface area contributed by atoms with Crippen LogP contribution in [-0.2, 0) is 0 Å². The Hall–Kier alpha value is -1.24. The molecule has 88 valence electrons. The monoisotopic (exact) mass is 340 g/mol. The Labute approximate surface area is 114 Å². The van der Waals surface area contributed by atoms with Crippen LogP contribution in [-0.4, -0.2) is 35.3 Å². The number of nitrogens with zero attached hydrogens (tertiary/aromatic N) is 4. The summed E-state index contributed by atoms with van der Waals surface area (Å²) < 4.78 is 0.902. The molecule has 0 aromatic carbocycles. The quantitative estimate of drug-likeness (QED) is 0.365. The standard InChI is InChI=1S/C12H13IN4/c1-8-10-9(5-4-6-14-10)11(12(13)16-8)15-7-17(2)3/h4-7H,1-3H3. The van der Waals surface area contributed by atoms with E-state index >= 15 is 0 Å². The van der Waals surface area contributed by atoms with Gasteiger partial charge in [-0.2, -0.15) is 0 Å². The Balaban J connectivity index is 2.69. The first-order chi connectivity index (χ1) is 8.09. The van der Waals surface area contributed by atoms with Crippen molar-refractivity contribution in [1.82, 2.24) is 14.9 Å². The molecule has 0 atom stereocenters. The molecule has 0 bridgehead atoms. The maximum absolute atomic E-state index is 4.47. The van der Waals surface area contributed by atoms with Crippen LogP contribution in [0.15, 0.2) is 23.3 Å². The molecule has 0 N–H and O–H groups in total. The number of aryl methyl sites for hydroxylation is 1. The molecule has 0 radical (unpaired) electrons. The number of aliphatic imine (C=N–C) groups is 1. The van der Waals surface area contributed by atoms with Crippen molar-refractivity contribution < 1.29 is 0 Å². The lowest BCUT2D eigenvalue weighted by Gasteiger charge is -2.07. The van der Waals surface area contributed by atoms with E-state index in [9.17, 15) is 0 Å². The zero-order valence-corrected chi connectivity index (χ0v) is 12.1. The van der Waals surface area contributed by atoms with Crippen molar-refractivity contribution in [2.75, 3.05) is 14.1 Å². The van der Waals surface area contributed by atoms with Crippen LogP contribution >= 0.6 is 22.6 Å². The van der Waals surface area contributed by atoms with E-state index in [-0.39, 0.29) is 0 Å². The average Bonchev–Trinajstić information content (AvgIpc) is 2.28. The van der Waals surface area contributed by atoms with Gasteiger partial charge in [0, 0.05) is 25.7 Å². The minimum atomic E-state index is 0.882. The molecular formula is C12H13IN4. The molecule has 0 saturated heterocycles. The van der Waals surface area contributed by atoms with Crippen molar-refractivity contribution in [2.45, 2.75) is 6.92 Å². The minimum absolute atomic E-state index is 0.882. The van der Waals surface area contributed by atoms with Gasteiger partial charge < -0.3 is 4.90 Å². The maximum atomic E-state index is 4.47. The Bertz CT molecular complexity index is 578. The predicted octanol–water partition coefficient (Wildman–Crippen LogP) is 2.76. The summed E-state index contributed by atoms with van der Waals surface area (Å²) in [5.41, 5.74) is 2.74. The third kappa shape index (κ3) is 2.54. The fraction of sp³-hybridized carbons (Fsp3) is 0.250. The summed E-state index contributed by atoms with van der Waals surface area (Å²) in [6.07, 6.45) is 3.56. The van der Waals surface area contributed by atoms with Gasteiger partial charge in [0.05, 0.1) is 17.5 Å². The SMILES string of the molecule is Cc1nc(I)c(N=CN(C)C)c2cccnc12. The number of halogens is 1. The summed E-state index contributed by atoms with van der Waals surface area (Å²) in [5.74, 6) is 0. The molecule has 2 aromatic rings. The third-order valence-corrected chi connectivity index (χ3v) is 3.04. The Morgan fingerprint density at radius 3 is 2.88 bits per heavy atom. The van der Waals surface area contributed by atoms with E-state index in [1.807, 2.05) is 38.1 Å². The van der Waals surface area contributed by atoms with Gasteiger partial charge in [-0.05, 0) is 41.6 Å². The maximum Gasteiger partial charge on any atom is 0.128 e. The Morgan fingerprint density at radius 2 is 2.18 bits per heavy atom. The highest BCUT2D eigenvalue weighted by molar-refractivity contribution is 14.1. The highest BCUT2D eigenvalue weighted by Crippen LogP contribution is 2.29. The van der Waals surface area contributed by atoms with Gasteiger partial charge in [0.2, 0.25) is 0 Å². The van der Waals surface area contributed by atoms with Crippen LogP contribution in [0.4, 0.5) is 5.69 Å². The highest BCUT2D eigenvalue weighted by Gasteiger charge is 2.09. The summed E-state index contributed by atoms with van der Waals surface area (Å²) in [6.45, 7) is 1.97. The van der Waals surface area contributed by atoms with Crippen LogP contribution in [0.3, 0.4) is 0 Å². The number of hydrogen-bond donors (Lipinski definition) is 0. The summed E-state index contributed by atoms with van der Waals surface area (Å²) in [7, 11) is 3.89. The molecule has 4 nitrogen and oxygen atoms in total. The molecule has 5 heteroatoms. The molecular weight excluding hydrogens is 327 g/mol. The van der Waals surface area contributed by atoms with Crippen molar-refractivity contribution in [2.24, 2.45) is 4.99 Å².